The largest absolute Gasteiger partial charge is 0.467 e. The molecule has 1 atom stereocenters. The topological polar surface area (TPSA) is 81.9 Å². The number of amides is 1. The van der Waals surface area contributed by atoms with Gasteiger partial charge in [-0.2, -0.15) is 0 Å². The summed E-state index contributed by atoms with van der Waals surface area (Å²) in [6, 6.07) is 4.33. The van der Waals surface area contributed by atoms with E-state index in [9.17, 15) is 4.79 Å². The lowest BCUT2D eigenvalue weighted by molar-refractivity contribution is -0.120. The van der Waals surface area contributed by atoms with Gasteiger partial charge in [-0.15, -0.1) is 0 Å². The van der Waals surface area contributed by atoms with Crippen LogP contribution in [-0.2, 0) is 11.3 Å². The van der Waals surface area contributed by atoms with Crippen molar-refractivity contribution in [1.82, 2.24) is 20.9 Å². The number of furan rings is 1. The molecule has 0 aromatic carbocycles. The average Bonchev–Trinajstić information content (AvgIpc) is 3.14. The maximum Gasteiger partial charge on any atom is 0.239 e. The summed E-state index contributed by atoms with van der Waals surface area (Å²) in [7, 11) is 1.71. The summed E-state index contributed by atoms with van der Waals surface area (Å²) in [6.45, 7) is 6.06. The van der Waals surface area contributed by atoms with Crippen LogP contribution in [0, 0.1) is 0 Å². The third-order valence-corrected chi connectivity index (χ3v) is 4.54. The van der Waals surface area contributed by atoms with Gasteiger partial charge in [0.15, 0.2) is 5.96 Å². The van der Waals surface area contributed by atoms with Gasteiger partial charge in [-0.1, -0.05) is 6.42 Å². The smallest absolute Gasteiger partial charge is 0.239 e. The van der Waals surface area contributed by atoms with Crippen molar-refractivity contribution in [2.45, 2.75) is 45.2 Å². The number of carbonyl (C=O) groups is 1. The van der Waals surface area contributed by atoms with Crippen molar-refractivity contribution in [2.75, 3.05) is 33.2 Å². The molecule has 3 N–H and O–H groups in total. The number of piperidine rings is 1. The molecule has 1 fully saturated rings. The fraction of sp³-hybridized carbons (Fsp3) is 0.667. The Balaban J connectivity index is 1.56. The molecule has 7 heteroatoms. The maximum absolute atomic E-state index is 11.8. The van der Waals surface area contributed by atoms with Crippen LogP contribution in [0.25, 0.3) is 0 Å². The van der Waals surface area contributed by atoms with Gasteiger partial charge in [0.1, 0.15) is 5.76 Å². The quantitative estimate of drug-likeness (QED) is 0.375. The van der Waals surface area contributed by atoms with Crippen LogP contribution in [0.3, 0.4) is 0 Å². The maximum atomic E-state index is 11.8. The Kier molecular flexibility index (Phi) is 8.31. The summed E-state index contributed by atoms with van der Waals surface area (Å²) in [6.07, 6.45) is 6.64. The van der Waals surface area contributed by atoms with Crippen molar-refractivity contribution >= 4 is 11.9 Å². The van der Waals surface area contributed by atoms with E-state index in [4.69, 9.17) is 4.42 Å². The van der Waals surface area contributed by atoms with E-state index in [2.05, 4.69) is 32.8 Å². The predicted octanol–water partition coefficient (Wildman–Crippen LogP) is 1.33. The molecule has 0 bridgehead atoms. The number of nitrogens with one attached hydrogen (secondary N) is 3. The minimum atomic E-state index is -0.0958. The molecule has 0 aliphatic carbocycles. The first-order valence-electron chi connectivity index (χ1n) is 9.16. The van der Waals surface area contributed by atoms with E-state index in [-0.39, 0.29) is 12.5 Å². The van der Waals surface area contributed by atoms with Crippen LogP contribution in [0.4, 0.5) is 0 Å². The van der Waals surface area contributed by atoms with E-state index in [1.165, 1.54) is 25.8 Å². The van der Waals surface area contributed by atoms with Gasteiger partial charge in [-0.25, -0.2) is 0 Å². The Morgan fingerprint density at radius 3 is 2.96 bits per heavy atom. The molecular weight excluding hydrogens is 318 g/mol. The minimum absolute atomic E-state index is 0.0958. The SMILES string of the molecule is CN=C(NCCCN1CCCCC1C)NCC(=O)NCc1ccco1. The van der Waals surface area contributed by atoms with E-state index in [0.29, 0.717) is 18.5 Å². The molecule has 1 aromatic heterocycles. The number of aliphatic imine (C=N–C) groups is 1. The number of hydrogen-bond donors (Lipinski definition) is 3. The van der Waals surface area contributed by atoms with Gasteiger partial charge in [0, 0.05) is 26.2 Å². The molecule has 1 saturated heterocycles. The molecule has 2 rings (SSSR count). The second-order valence-corrected chi connectivity index (χ2v) is 6.44. The molecule has 0 radical (unpaired) electrons. The van der Waals surface area contributed by atoms with Crippen LogP contribution in [0.1, 0.15) is 38.4 Å². The van der Waals surface area contributed by atoms with Crippen LogP contribution in [0.5, 0.6) is 0 Å². The normalized spacial score (nSPS) is 18.8. The highest BCUT2D eigenvalue weighted by Crippen LogP contribution is 2.15. The van der Waals surface area contributed by atoms with E-state index < -0.39 is 0 Å². The zero-order valence-corrected chi connectivity index (χ0v) is 15.4. The number of likely N-dealkylation sites (tertiary alicyclic amines) is 1. The number of rotatable bonds is 8. The third kappa shape index (κ3) is 7.17. The third-order valence-electron chi connectivity index (χ3n) is 4.54. The summed E-state index contributed by atoms with van der Waals surface area (Å²) >= 11 is 0. The van der Waals surface area contributed by atoms with Crippen molar-refractivity contribution in [1.29, 1.82) is 0 Å². The first-order valence-corrected chi connectivity index (χ1v) is 9.16. The Morgan fingerprint density at radius 1 is 1.36 bits per heavy atom. The molecule has 25 heavy (non-hydrogen) atoms. The molecular formula is C18H31N5O2. The lowest BCUT2D eigenvalue weighted by Gasteiger charge is -2.33. The molecule has 7 nitrogen and oxygen atoms in total. The highest BCUT2D eigenvalue weighted by atomic mass is 16.3. The van der Waals surface area contributed by atoms with Crippen LogP contribution in [0.2, 0.25) is 0 Å². The fourth-order valence-electron chi connectivity index (χ4n) is 3.02. The first kappa shape index (κ1) is 19.3. The molecule has 2 heterocycles. The van der Waals surface area contributed by atoms with Crippen LogP contribution in [-0.4, -0.2) is 56.0 Å². The van der Waals surface area contributed by atoms with Crippen LogP contribution < -0.4 is 16.0 Å². The summed E-state index contributed by atoms with van der Waals surface area (Å²) in [5.74, 6) is 1.30. The van der Waals surface area contributed by atoms with Crippen LogP contribution >= 0.6 is 0 Å². The molecule has 1 aromatic rings. The van der Waals surface area contributed by atoms with Crippen molar-refractivity contribution in [3.8, 4) is 0 Å². The molecule has 1 amide bonds. The summed E-state index contributed by atoms with van der Waals surface area (Å²) in [5.41, 5.74) is 0. The van der Waals surface area contributed by atoms with E-state index >= 15 is 0 Å². The summed E-state index contributed by atoms with van der Waals surface area (Å²) in [4.78, 5) is 18.5. The zero-order valence-electron chi connectivity index (χ0n) is 15.4. The van der Waals surface area contributed by atoms with Crippen LogP contribution in [0.15, 0.2) is 27.8 Å². The lowest BCUT2D eigenvalue weighted by atomic mass is 10.0. The molecule has 140 valence electrons. The van der Waals surface area contributed by atoms with Gasteiger partial charge < -0.3 is 25.3 Å². The van der Waals surface area contributed by atoms with Gasteiger partial charge in [0.2, 0.25) is 5.91 Å². The van der Waals surface area contributed by atoms with Crippen molar-refractivity contribution in [2.24, 2.45) is 4.99 Å². The van der Waals surface area contributed by atoms with Crippen molar-refractivity contribution < 1.29 is 9.21 Å². The van der Waals surface area contributed by atoms with E-state index in [1.807, 2.05) is 6.07 Å². The Morgan fingerprint density at radius 2 is 2.24 bits per heavy atom. The number of nitrogens with zero attached hydrogens (tertiary/aromatic N) is 2. The standard InChI is InChI=1S/C18H31N5O2/c1-15-7-3-4-10-23(15)11-6-9-20-18(19-2)22-14-17(24)21-13-16-8-5-12-25-16/h5,8,12,15H,3-4,6-7,9-11,13-14H2,1-2H3,(H,21,24)(H2,19,20,22). The Bertz CT molecular complexity index is 530. The van der Waals surface area contributed by atoms with E-state index in [1.54, 1.807) is 19.4 Å². The molecule has 0 spiro atoms. The van der Waals surface area contributed by atoms with E-state index in [0.717, 1.165) is 25.3 Å². The highest BCUT2D eigenvalue weighted by molar-refractivity contribution is 5.86. The second-order valence-electron chi connectivity index (χ2n) is 6.44. The number of hydrogen-bond acceptors (Lipinski definition) is 4. The monoisotopic (exact) mass is 349 g/mol. The predicted molar refractivity (Wildman–Crippen MR) is 99.4 cm³/mol. The van der Waals surface area contributed by atoms with Gasteiger partial charge in [0.05, 0.1) is 19.4 Å². The molecule has 1 aliphatic rings. The second kappa shape index (κ2) is 10.8. The average molecular weight is 349 g/mol. The number of carbonyl (C=O) groups excluding carboxylic acids is 1. The molecule has 1 aliphatic heterocycles. The molecule has 0 saturated carbocycles. The van der Waals surface area contributed by atoms with Gasteiger partial charge >= 0.3 is 0 Å². The first-order chi connectivity index (χ1) is 12.2. The Hall–Kier alpha value is -2.02. The van der Waals surface area contributed by atoms with Crippen molar-refractivity contribution in [3.05, 3.63) is 24.2 Å². The molecule has 1 unspecified atom stereocenters. The summed E-state index contributed by atoms with van der Waals surface area (Å²) in [5, 5.41) is 9.09. The zero-order chi connectivity index (χ0) is 17.9. The minimum Gasteiger partial charge on any atom is -0.467 e. The van der Waals surface area contributed by atoms with Gasteiger partial charge in [-0.3, -0.25) is 9.79 Å². The number of guanidine groups is 1. The van der Waals surface area contributed by atoms with Gasteiger partial charge in [0.25, 0.3) is 0 Å². The van der Waals surface area contributed by atoms with Gasteiger partial charge in [-0.05, 0) is 44.9 Å². The van der Waals surface area contributed by atoms with Crippen molar-refractivity contribution in [3.63, 3.8) is 0 Å². The highest BCUT2D eigenvalue weighted by Gasteiger charge is 2.17. The summed E-state index contributed by atoms with van der Waals surface area (Å²) < 4.78 is 5.18. The lowest BCUT2D eigenvalue weighted by Crippen LogP contribution is -2.44. The Labute approximate surface area is 150 Å². The fourth-order valence-corrected chi connectivity index (χ4v) is 3.02.